The first-order chi connectivity index (χ1) is 13.8. The molecular formula is C24H32N2O3. The SMILES string of the molecule is CCCNC(=O)[C@H](C)N(Cc1cccc(OC)c1)C(=O)Cc1cc(C)cc(C)c1. The number of aryl methyl sites for hydroxylation is 2. The van der Waals surface area contributed by atoms with E-state index in [4.69, 9.17) is 4.74 Å². The molecule has 2 aromatic rings. The van der Waals surface area contributed by atoms with Crippen molar-refractivity contribution in [2.75, 3.05) is 13.7 Å². The van der Waals surface area contributed by atoms with Gasteiger partial charge in [0.1, 0.15) is 11.8 Å². The highest BCUT2D eigenvalue weighted by Crippen LogP contribution is 2.18. The Bertz CT molecular complexity index is 828. The number of methoxy groups -OCH3 is 1. The van der Waals surface area contributed by atoms with Gasteiger partial charge in [-0.2, -0.15) is 0 Å². The number of nitrogens with zero attached hydrogens (tertiary/aromatic N) is 1. The molecule has 2 rings (SSSR count). The molecule has 0 bridgehead atoms. The molecule has 0 aliphatic rings. The van der Waals surface area contributed by atoms with Crippen molar-refractivity contribution < 1.29 is 14.3 Å². The summed E-state index contributed by atoms with van der Waals surface area (Å²) in [6.45, 7) is 8.78. The zero-order valence-corrected chi connectivity index (χ0v) is 18.1. The minimum atomic E-state index is -0.564. The third-order valence-electron chi connectivity index (χ3n) is 4.84. The number of carbonyl (C=O) groups excluding carboxylic acids is 2. The highest BCUT2D eigenvalue weighted by Gasteiger charge is 2.26. The van der Waals surface area contributed by atoms with Crippen LogP contribution in [0.5, 0.6) is 5.75 Å². The number of hydrogen-bond acceptors (Lipinski definition) is 3. The maximum absolute atomic E-state index is 13.2. The number of rotatable bonds is 9. The van der Waals surface area contributed by atoms with E-state index in [1.807, 2.05) is 57.2 Å². The average Bonchev–Trinajstić information content (AvgIpc) is 2.68. The zero-order valence-electron chi connectivity index (χ0n) is 18.1. The van der Waals surface area contributed by atoms with Gasteiger partial charge in [-0.25, -0.2) is 0 Å². The normalized spacial score (nSPS) is 11.6. The topological polar surface area (TPSA) is 58.6 Å². The lowest BCUT2D eigenvalue weighted by Gasteiger charge is -2.29. The maximum atomic E-state index is 13.2. The van der Waals surface area contributed by atoms with Gasteiger partial charge in [0.05, 0.1) is 13.5 Å². The Morgan fingerprint density at radius 2 is 1.76 bits per heavy atom. The number of ether oxygens (including phenoxy) is 1. The number of nitrogens with one attached hydrogen (secondary N) is 1. The molecule has 0 unspecified atom stereocenters. The zero-order chi connectivity index (χ0) is 21.4. The van der Waals surface area contributed by atoms with E-state index < -0.39 is 6.04 Å². The number of amides is 2. The van der Waals surface area contributed by atoms with Gasteiger partial charge in [-0.3, -0.25) is 9.59 Å². The quantitative estimate of drug-likeness (QED) is 0.701. The van der Waals surface area contributed by atoms with Crippen LogP contribution in [0, 0.1) is 13.8 Å². The fourth-order valence-electron chi connectivity index (χ4n) is 3.39. The van der Waals surface area contributed by atoms with Crippen molar-refractivity contribution in [3.63, 3.8) is 0 Å². The molecule has 1 atom stereocenters. The first-order valence-corrected chi connectivity index (χ1v) is 10.1. The Kier molecular flexibility index (Phi) is 8.25. The Balaban J connectivity index is 2.26. The molecule has 0 saturated carbocycles. The highest BCUT2D eigenvalue weighted by molar-refractivity contribution is 5.88. The van der Waals surface area contributed by atoms with Gasteiger partial charge < -0.3 is 15.0 Å². The lowest BCUT2D eigenvalue weighted by atomic mass is 10.0. The van der Waals surface area contributed by atoms with Gasteiger partial charge in [-0.1, -0.05) is 48.4 Å². The molecule has 0 radical (unpaired) electrons. The summed E-state index contributed by atoms with van der Waals surface area (Å²) in [5.74, 6) is 0.521. The van der Waals surface area contributed by atoms with Crippen LogP contribution >= 0.6 is 0 Å². The van der Waals surface area contributed by atoms with E-state index in [2.05, 4.69) is 11.4 Å². The molecule has 0 aliphatic heterocycles. The molecular weight excluding hydrogens is 364 g/mol. The van der Waals surface area contributed by atoms with Crippen LogP contribution in [0.2, 0.25) is 0 Å². The van der Waals surface area contributed by atoms with E-state index in [1.165, 1.54) is 0 Å². The van der Waals surface area contributed by atoms with E-state index >= 15 is 0 Å². The molecule has 0 spiro atoms. The lowest BCUT2D eigenvalue weighted by molar-refractivity contribution is -0.140. The van der Waals surface area contributed by atoms with Crippen molar-refractivity contribution in [2.45, 2.75) is 53.1 Å². The van der Waals surface area contributed by atoms with Crippen molar-refractivity contribution in [1.82, 2.24) is 10.2 Å². The summed E-state index contributed by atoms with van der Waals surface area (Å²) >= 11 is 0. The second kappa shape index (κ2) is 10.6. The molecule has 5 heteroatoms. The Morgan fingerprint density at radius 3 is 2.38 bits per heavy atom. The van der Waals surface area contributed by atoms with Crippen molar-refractivity contribution in [2.24, 2.45) is 0 Å². The molecule has 0 saturated heterocycles. The van der Waals surface area contributed by atoms with E-state index in [0.29, 0.717) is 13.1 Å². The van der Waals surface area contributed by atoms with Crippen LogP contribution in [0.3, 0.4) is 0 Å². The highest BCUT2D eigenvalue weighted by atomic mass is 16.5. The predicted octanol–water partition coefficient (Wildman–Crippen LogP) is 3.80. The molecule has 0 heterocycles. The van der Waals surface area contributed by atoms with Crippen LogP contribution in [0.15, 0.2) is 42.5 Å². The van der Waals surface area contributed by atoms with Crippen molar-refractivity contribution in [3.8, 4) is 5.75 Å². The van der Waals surface area contributed by atoms with E-state index in [0.717, 1.165) is 34.4 Å². The molecule has 0 fully saturated rings. The summed E-state index contributed by atoms with van der Waals surface area (Å²) in [4.78, 5) is 27.5. The van der Waals surface area contributed by atoms with Crippen LogP contribution in [-0.4, -0.2) is 36.4 Å². The maximum Gasteiger partial charge on any atom is 0.242 e. The van der Waals surface area contributed by atoms with E-state index in [1.54, 1.807) is 18.9 Å². The monoisotopic (exact) mass is 396 g/mol. The minimum absolute atomic E-state index is 0.0723. The number of hydrogen-bond donors (Lipinski definition) is 1. The number of carbonyl (C=O) groups is 2. The fourth-order valence-corrected chi connectivity index (χ4v) is 3.39. The van der Waals surface area contributed by atoms with Gasteiger partial charge in [0.25, 0.3) is 0 Å². The standard InChI is InChI=1S/C24H32N2O3/c1-6-10-25-24(28)19(4)26(16-20-8-7-9-22(14-20)29-5)23(27)15-21-12-17(2)11-18(3)13-21/h7-9,11-14,19H,6,10,15-16H2,1-5H3,(H,25,28)/t19-/m0/s1. The van der Waals surface area contributed by atoms with Crippen molar-refractivity contribution in [3.05, 3.63) is 64.7 Å². The second-order valence-electron chi connectivity index (χ2n) is 7.51. The summed E-state index contributed by atoms with van der Waals surface area (Å²) in [6, 6.07) is 13.2. The van der Waals surface area contributed by atoms with Gasteiger partial charge in [0.2, 0.25) is 11.8 Å². The van der Waals surface area contributed by atoms with Gasteiger partial charge in [0.15, 0.2) is 0 Å². The van der Waals surface area contributed by atoms with Gasteiger partial charge in [-0.05, 0) is 50.5 Å². The first-order valence-electron chi connectivity index (χ1n) is 10.1. The first kappa shape index (κ1) is 22.5. The molecule has 1 N–H and O–H groups in total. The van der Waals surface area contributed by atoms with E-state index in [-0.39, 0.29) is 18.2 Å². The van der Waals surface area contributed by atoms with Crippen LogP contribution < -0.4 is 10.1 Å². The number of benzene rings is 2. The Morgan fingerprint density at radius 1 is 1.07 bits per heavy atom. The molecule has 156 valence electrons. The smallest absolute Gasteiger partial charge is 0.242 e. The molecule has 5 nitrogen and oxygen atoms in total. The van der Waals surface area contributed by atoms with Crippen LogP contribution in [-0.2, 0) is 22.6 Å². The molecule has 2 amide bonds. The van der Waals surface area contributed by atoms with Gasteiger partial charge >= 0.3 is 0 Å². The summed E-state index contributed by atoms with van der Waals surface area (Å²) in [5.41, 5.74) is 4.14. The molecule has 0 aromatic heterocycles. The van der Waals surface area contributed by atoms with Crippen LogP contribution in [0.4, 0.5) is 0 Å². The van der Waals surface area contributed by atoms with Crippen molar-refractivity contribution >= 4 is 11.8 Å². The fraction of sp³-hybridized carbons (Fsp3) is 0.417. The minimum Gasteiger partial charge on any atom is -0.497 e. The summed E-state index contributed by atoms with van der Waals surface area (Å²) in [7, 11) is 1.61. The summed E-state index contributed by atoms with van der Waals surface area (Å²) < 4.78 is 5.30. The second-order valence-corrected chi connectivity index (χ2v) is 7.51. The Labute approximate surface area is 174 Å². The van der Waals surface area contributed by atoms with Crippen molar-refractivity contribution in [1.29, 1.82) is 0 Å². The Hall–Kier alpha value is -2.82. The van der Waals surface area contributed by atoms with E-state index in [9.17, 15) is 9.59 Å². The van der Waals surface area contributed by atoms with Crippen LogP contribution in [0.25, 0.3) is 0 Å². The summed E-state index contributed by atoms with van der Waals surface area (Å²) in [6.07, 6.45) is 1.11. The predicted molar refractivity (Wildman–Crippen MR) is 116 cm³/mol. The third kappa shape index (κ3) is 6.63. The molecule has 0 aliphatic carbocycles. The molecule has 29 heavy (non-hydrogen) atoms. The average molecular weight is 397 g/mol. The van der Waals surface area contributed by atoms with Gasteiger partial charge in [-0.15, -0.1) is 0 Å². The van der Waals surface area contributed by atoms with Gasteiger partial charge in [0, 0.05) is 13.1 Å². The lowest BCUT2D eigenvalue weighted by Crippen LogP contribution is -2.48. The largest absolute Gasteiger partial charge is 0.497 e. The summed E-state index contributed by atoms with van der Waals surface area (Å²) in [5, 5.41) is 2.90. The third-order valence-corrected chi connectivity index (χ3v) is 4.84. The molecule has 2 aromatic carbocycles. The van der Waals surface area contributed by atoms with Crippen LogP contribution in [0.1, 0.15) is 42.5 Å².